The van der Waals surface area contributed by atoms with Crippen molar-refractivity contribution >= 4 is 46.0 Å². The van der Waals surface area contributed by atoms with Crippen LogP contribution in [-0.4, -0.2) is 43.9 Å². The van der Waals surface area contributed by atoms with E-state index in [0.717, 1.165) is 5.56 Å². The van der Waals surface area contributed by atoms with Crippen LogP contribution in [-0.2, 0) is 9.53 Å². The maximum absolute atomic E-state index is 13.4. The van der Waals surface area contributed by atoms with Crippen LogP contribution >= 0.6 is 11.8 Å². The van der Waals surface area contributed by atoms with E-state index >= 15 is 0 Å². The van der Waals surface area contributed by atoms with Crippen LogP contribution in [0.3, 0.4) is 0 Å². The molecule has 1 N–H and O–H groups in total. The zero-order valence-corrected chi connectivity index (χ0v) is 20.3. The van der Waals surface area contributed by atoms with Gasteiger partial charge >= 0.3 is 5.97 Å². The monoisotopic (exact) mass is 499 g/mol. The molecule has 5 rings (SSSR count). The number of rotatable bonds is 6. The van der Waals surface area contributed by atoms with Gasteiger partial charge in [-0.15, -0.1) is 10.2 Å². The number of hydrogen-bond donors (Lipinski definition) is 1. The van der Waals surface area contributed by atoms with Gasteiger partial charge in [-0.1, -0.05) is 47.7 Å². The van der Waals surface area contributed by atoms with E-state index in [1.807, 2.05) is 49.4 Å². The summed E-state index contributed by atoms with van der Waals surface area (Å²) >= 11 is 1.20. The smallest absolute Gasteiger partial charge is 0.337 e. The number of esters is 1. The summed E-state index contributed by atoms with van der Waals surface area (Å²) < 4.78 is 8.04. The van der Waals surface area contributed by atoms with Crippen molar-refractivity contribution in [2.45, 2.75) is 12.1 Å². The highest BCUT2D eigenvalue weighted by molar-refractivity contribution is 7.99. The quantitative estimate of drug-likeness (QED) is 0.279. The second kappa shape index (κ2) is 9.67. The van der Waals surface area contributed by atoms with Crippen LogP contribution in [0.2, 0.25) is 0 Å². The third-order valence-electron chi connectivity index (χ3n) is 5.59. The lowest BCUT2D eigenvalue weighted by Crippen LogP contribution is -2.22. The first-order valence-corrected chi connectivity index (χ1v) is 12.0. The van der Waals surface area contributed by atoms with Gasteiger partial charge in [0.25, 0.3) is 5.56 Å². The van der Waals surface area contributed by atoms with Crippen LogP contribution in [0.25, 0.3) is 22.4 Å². The van der Waals surface area contributed by atoms with Gasteiger partial charge in [-0.25, -0.2) is 9.36 Å². The molecule has 180 valence electrons. The van der Waals surface area contributed by atoms with E-state index in [-0.39, 0.29) is 17.2 Å². The molecule has 9 nitrogen and oxygen atoms in total. The number of ether oxygens (including phenoxy) is 1. The lowest BCUT2D eigenvalue weighted by molar-refractivity contribution is -0.113. The molecule has 0 aliphatic heterocycles. The van der Waals surface area contributed by atoms with E-state index in [1.165, 1.54) is 23.4 Å². The van der Waals surface area contributed by atoms with Crippen molar-refractivity contribution in [2.75, 3.05) is 18.2 Å². The third kappa shape index (κ3) is 4.34. The Morgan fingerprint density at radius 2 is 1.78 bits per heavy atom. The highest BCUT2D eigenvalue weighted by Gasteiger charge is 2.19. The van der Waals surface area contributed by atoms with Crippen LogP contribution < -0.4 is 10.9 Å². The normalized spacial score (nSPS) is 11.1. The average Bonchev–Trinajstić information content (AvgIpc) is 3.32. The van der Waals surface area contributed by atoms with Gasteiger partial charge in [0, 0.05) is 5.69 Å². The second-order valence-electron chi connectivity index (χ2n) is 8.02. The predicted molar refractivity (Wildman–Crippen MR) is 138 cm³/mol. The first-order chi connectivity index (χ1) is 17.5. The number of carbonyl (C=O) groups excluding carboxylic acids is 2. The number of carbonyl (C=O) groups is 2. The number of methoxy groups -OCH3 is 1. The number of fused-ring (bicyclic) bond motifs is 3. The number of thioether (sulfide) groups is 1. The summed E-state index contributed by atoms with van der Waals surface area (Å²) in [5.74, 6) is -0.366. The molecule has 1 amide bonds. The van der Waals surface area contributed by atoms with E-state index in [1.54, 1.807) is 34.7 Å². The van der Waals surface area contributed by atoms with Crippen LogP contribution in [0.5, 0.6) is 0 Å². The Bertz CT molecular complexity index is 1670. The van der Waals surface area contributed by atoms with Crippen molar-refractivity contribution in [1.82, 2.24) is 19.2 Å². The Morgan fingerprint density at radius 3 is 2.56 bits per heavy atom. The van der Waals surface area contributed by atoms with Gasteiger partial charge in [0.15, 0.2) is 5.16 Å². The summed E-state index contributed by atoms with van der Waals surface area (Å²) in [6.07, 6.45) is 0. The fourth-order valence-electron chi connectivity index (χ4n) is 3.87. The fourth-order valence-corrected chi connectivity index (χ4v) is 4.61. The number of aromatic nitrogens is 4. The zero-order chi connectivity index (χ0) is 25.2. The summed E-state index contributed by atoms with van der Waals surface area (Å²) in [5, 5.41) is 12.4. The van der Waals surface area contributed by atoms with Gasteiger partial charge in [-0.3, -0.25) is 14.0 Å². The molecular formula is C26H21N5O4S. The van der Waals surface area contributed by atoms with Crippen molar-refractivity contribution < 1.29 is 14.3 Å². The molecule has 0 bridgehead atoms. The number of hydrogen-bond acceptors (Lipinski definition) is 7. The van der Waals surface area contributed by atoms with Crippen LogP contribution in [0.1, 0.15) is 15.9 Å². The van der Waals surface area contributed by atoms with Crippen LogP contribution in [0.15, 0.2) is 82.7 Å². The molecule has 0 spiro atoms. The van der Waals surface area contributed by atoms with E-state index in [2.05, 4.69) is 15.5 Å². The molecule has 2 aromatic heterocycles. The molecule has 0 aliphatic rings. The number of amides is 1. The maximum Gasteiger partial charge on any atom is 0.337 e. The minimum atomic E-state index is -0.484. The maximum atomic E-state index is 13.4. The third-order valence-corrected chi connectivity index (χ3v) is 6.52. The predicted octanol–water partition coefficient (Wildman–Crippen LogP) is 3.86. The molecule has 0 unspecified atom stereocenters. The number of benzene rings is 3. The molecule has 0 fully saturated rings. The molecule has 0 aliphatic carbocycles. The largest absolute Gasteiger partial charge is 0.465 e. The standard InChI is InChI=1S/C26H21N5O4S/c1-16-10-12-19(13-11-16)30-23(33)20-8-3-4-9-21(20)31-25(30)28-29-26(31)36-15-22(32)27-18-7-5-6-17(14-18)24(34)35-2/h3-14H,15H2,1-2H3,(H,27,32). The van der Waals surface area contributed by atoms with Gasteiger partial charge in [0.05, 0.1) is 35.0 Å². The van der Waals surface area contributed by atoms with Gasteiger partial charge in [-0.05, 0) is 49.4 Å². The first kappa shape index (κ1) is 23.3. The lowest BCUT2D eigenvalue weighted by Gasteiger charge is -2.11. The zero-order valence-electron chi connectivity index (χ0n) is 19.5. The van der Waals surface area contributed by atoms with Crippen molar-refractivity contribution in [1.29, 1.82) is 0 Å². The minimum Gasteiger partial charge on any atom is -0.465 e. The Morgan fingerprint density at radius 1 is 1.00 bits per heavy atom. The number of para-hydroxylation sites is 1. The van der Waals surface area contributed by atoms with Crippen LogP contribution in [0, 0.1) is 6.92 Å². The lowest BCUT2D eigenvalue weighted by atomic mass is 10.2. The van der Waals surface area contributed by atoms with E-state index in [4.69, 9.17) is 4.74 Å². The van der Waals surface area contributed by atoms with Gasteiger partial charge < -0.3 is 10.1 Å². The van der Waals surface area contributed by atoms with Crippen molar-refractivity contribution in [3.63, 3.8) is 0 Å². The molecule has 10 heteroatoms. The molecule has 0 saturated heterocycles. The molecule has 0 atom stereocenters. The minimum absolute atomic E-state index is 0.0429. The first-order valence-electron chi connectivity index (χ1n) is 11.0. The Balaban J connectivity index is 1.48. The highest BCUT2D eigenvalue weighted by Crippen LogP contribution is 2.23. The van der Waals surface area contributed by atoms with Crippen molar-refractivity contribution in [3.8, 4) is 5.69 Å². The molecule has 36 heavy (non-hydrogen) atoms. The molecule has 0 radical (unpaired) electrons. The molecular weight excluding hydrogens is 478 g/mol. The van der Waals surface area contributed by atoms with E-state index in [9.17, 15) is 14.4 Å². The number of nitrogens with zero attached hydrogens (tertiary/aromatic N) is 4. The van der Waals surface area contributed by atoms with Gasteiger partial charge in [0.2, 0.25) is 11.7 Å². The summed E-state index contributed by atoms with van der Waals surface area (Å²) in [7, 11) is 1.30. The number of nitrogens with one attached hydrogen (secondary N) is 1. The van der Waals surface area contributed by atoms with Gasteiger partial charge in [-0.2, -0.15) is 0 Å². The second-order valence-corrected chi connectivity index (χ2v) is 8.96. The van der Waals surface area contributed by atoms with E-state index < -0.39 is 5.97 Å². The molecule has 3 aromatic carbocycles. The van der Waals surface area contributed by atoms with E-state index in [0.29, 0.717) is 38.8 Å². The SMILES string of the molecule is COC(=O)c1cccc(NC(=O)CSc2nnc3n(-c4ccc(C)cc4)c(=O)c4ccccc4n23)c1. The number of anilines is 1. The fraction of sp³-hybridized carbons (Fsp3) is 0.115. The molecule has 0 saturated carbocycles. The van der Waals surface area contributed by atoms with Gasteiger partial charge in [0.1, 0.15) is 0 Å². The molecule has 2 heterocycles. The Labute approximate surface area is 209 Å². The van der Waals surface area contributed by atoms with Crippen molar-refractivity contribution in [3.05, 3.63) is 94.3 Å². The highest BCUT2D eigenvalue weighted by atomic mass is 32.2. The summed E-state index contributed by atoms with van der Waals surface area (Å²) in [6, 6.07) is 21.3. The Kier molecular flexibility index (Phi) is 6.26. The summed E-state index contributed by atoms with van der Waals surface area (Å²) in [6.45, 7) is 1.98. The Hall–Kier alpha value is -4.44. The summed E-state index contributed by atoms with van der Waals surface area (Å²) in [5.41, 5.74) is 3.02. The summed E-state index contributed by atoms with van der Waals surface area (Å²) in [4.78, 5) is 37.8. The number of aryl methyl sites for hydroxylation is 1. The molecule has 5 aromatic rings. The average molecular weight is 500 g/mol. The topological polar surface area (TPSA) is 108 Å². The van der Waals surface area contributed by atoms with Crippen LogP contribution in [0.4, 0.5) is 5.69 Å². The van der Waals surface area contributed by atoms with Crippen molar-refractivity contribution in [2.24, 2.45) is 0 Å².